The predicted octanol–water partition coefficient (Wildman–Crippen LogP) is 3.82. The highest BCUT2D eigenvalue weighted by Gasteiger charge is 2.35. The van der Waals surface area contributed by atoms with Crippen molar-refractivity contribution in [1.82, 2.24) is 24.2 Å². The monoisotopic (exact) mass is 383 g/mol. The Morgan fingerprint density at radius 1 is 1.30 bits per heavy atom. The normalized spacial score (nSPS) is 17.6. The molecule has 2 aromatic heterocycles. The van der Waals surface area contributed by atoms with Crippen LogP contribution in [0.1, 0.15) is 48.2 Å². The Morgan fingerprint density at radius 2 is 2.04 bits per heavy atom. The third kappa shape index (κ3) is 4.36. The molecule has 1 unspecified atom stereocenters. The molecule has 27 heavy (non-hydrogen) atoms. The van der Waals surface area contributed by atoms with Crippen molar-refractivity contribution in [2.45, 2.75) is 65.8 Å². The maximum Gasteiger partial charge on any atom is 0.434 e. The quantitative estimate of drug-likeness (QED) is 0.761. The number of aromatic nitrogens is 4. The number of imidazole rings is 1. The lowest BCUT2D eigenvalue weighted by Crippen LogP contribution is -2.31. The third-order valence-corrected chi connectivity index (χ3v) is 5.35. The van der Waals surface area contributed by atoms with Crippen molar-refractivity contribution in [3.8, 4) is 0 Å². The van der Waals surface area contributed by atoms with E-state index in [2.05, 4.69) is 40.6 Å². The Kier molecular flexibility index (Phi) is 5.65. The highest BCUT2D eigenvalue weighted by atomic mass is 19.4. The van der Waals surface area contributed by atoms with Gasteiger partial charge in [-0.25, -0.2) is 4.98 Å². The largest absolute Gasteiger partial charge is 0.434 e. The second-order valence-corrected chi connectivity index (χ2v) is 7.67. The summed E-state index contributed by atoms with van der Waals surface area (Å²) >= 11 is 0. The Hall–Kier alpha value is -1.83. The van der Waals surface area contributed by atoms with Crippen LogP contribution < -0.4 is 0 Å². The summed E-state index contributed by atoms with van der Waals surface area (Å²) in [5.41, 5.74) is 2.74. The first-order valence-electron chi connectivity index (χ1n) is 9.53. The lowest BCUT2D eigenvalue weighted by Gasteiger charge is -2.28. The van der Waals surface area contributed by atoms with Crippen LogP contribution in [-0.2, 0) is 32.2 Å². The fourth-order valence-electron chi connectivity index (χ4n) is 3.97. The number of fused-ring (bicyclic) bond motifs is 1. The van der Waals surface area contributed by atoms with Crippen LogP contribution in [0.25, 0.3) is 0 Å². The van der Waals surface area contributed by atoms with Crippen LogP contribution in [0.2, 0.25) is 0 Å². The molecule has 0 saturated heterocycles. The van der Waals surface area contributed by atoms with Gasteiger partial charge in [-0.3, -0.25) is 4.68 Å². The Balaban J connectivity index is 1.63. The molecule has 0 N–H and O–H groups in total. The number of halogens is 3. The molecule has 0 aromatic carbocycles. The van der Waals surface area contributed by atoms with Crippen LogP contribution in [0.3, 0.4) is 0 Å². The molecule has 0 bridgehead atoms. The van der Waals surface area contributed by atoms with E-state index in [1.165, 1.54) is 11.3 Å². The van der Waals surface area contributed by atoms with Crippen molar-refractivity contribution in [3.63, 3.8) is 0 Å². The van der Waals surface area contributed by atoms with E-state index in [9.17, 15) is 13.2 Å². The standard InChI is InChI=1S/C19H28F3N5/c1-5-8-27-14(3)16(13(2)24-27)11-25(4)9-15-6-7-18-23-17(19(20,21)22)12-26(18)10-15/h12,15H,5-11H2,1-4H3. The minimum Gasteiger partial charge on any atom is -0.334 e. The van der Waals surface area contributed by atoms with Crippen LogP contribution in [-0.4, -0.2) is 37.8 Å². The zero-order valence-corrected chi connectivity index (χ0v) is 16.5. The van der Waals surface area contributed by atoms with Crippen molar-refractivity contribution in [3.05, 3.63) is 34.7 Å². The molecule has 5 nitrogen and oxygen atoms in total. The molecule has 2 aromatic rings. The van der Waals surface area contributed by atoms with Gasteiger partial charge in [-0.05, 0) is 39.7 Å². The highest BCUT2D eigenvalue weighted by Crippen LogP contribution is 2.31. The van der Waals surface area contributed by atoms with E-state index in [0.29, 0.717) is 24.7 Å². The lowest BCUT2D eigenvalue weighted by atomic mass is 9.98. The summed E-state index contributed by atoms with van der Waals surface area (Å²) in [4.78, 5) is 6.01. The maximum absolute atomic E-state index is 12.9. The molecule has 3 heterocycles. The van der Waals surface area contributed by atoms with Gasteiger partial charge in [0.1, 0.15) is 5.82 Å². The first-order valence-corrected chi connectivity index (χ1v) is 9.53. The summed E-state index contributed by atoms with van der Waals surface area (Å²) in [6.07, 6.45) is -0.700. The zero-order chi connectivity index (χ0) is 19.8. The second kappa shape index (κ2) is 7.66. The van der Waals surface area contributed by atoms with Crippen molar-refractivity contribution in [1.29, 1.82) is 0 Å². The topological polar surface area (TPSA) is 38.9 Å². The molecule has 0 spiro atoms. The fraction of sp³-hybridized carbons (Fsp3) is 0.684. The molecular formula is C19H28F3N5. The number of alkyl halides is 3. The van der Waals surface area contributed by atoms with Crippen LogP contribution in [0.15, 0.2) is 6.20 Å². The van der Waals surface area contributed by atoms with E-state index in [-0.39, 0.29) is 0 Å². The minimum atomic E-state index is -4.37. The summed E-state index contributed by atoms with van der Waals surface area (Å²) in [6.45, 7) is 9.45. The molecule has 1 aliphatic heterocycles. The van der Waals surface area contributed by atoms with Gasteiger partial charge in [0, 0.05) is 50.1 Å². The number of rotatable bonds is 6. The molecule has 0 fully saturated rings. The summed E-state index contributed by atoms with van der Waals surface area (Å²) in [5.74, 6) is 0.873. The fourth-order valence-corrected chi connectivity index (χ4v) is 3.97. The van der Waals surface area contributed by atoms with Gasteiger partial charge >= 0.3 is 6.18 Å². The minimum absolute atomic E-state index is 0.323. The van der Waals surface area contributed by atoms with E-state index in [4.69, 9.17) is 0 Å². The predicted molar refractivity (Wildman–Crippen MR) is 97.4 cm³/mol. The molecule has 0 saturated carbocycles. The molecular weight excluding hydrogens is 355 g/mol. The summed E-state index contributed by atoms with van der Waals surface area (Å²) in [5, 5.41) is 4.63. The molecule has 8 heteroatoms. The molecule has 150 valence electrons. The number of hydrogen-bond donors (Lipinski definition) is 0. The van der Waals surface area contributed by atoms with E-state index in [1.807, 2.05) is 6.92 Å². The van der Waals surface area contributed by atoms with Gasteiger partial charge in [-0.15, -0.1) is 0 Å². The molecule has 1 atom stereocenters. The second-order valence-electron chi connectivity index (χ2n) is 7.67. The van der Waals surface area contributed by atoms with E-state index >= 15 is 0 Å². The van der Waals surface area contributed by atoms with E-state index < -0.39 is 11.9 Å². The average Bonchev–Trinajstić information content (AvgIpc) is 3.11. The van der Waals surface area contributed by atoms with Crippen LogP contribution in [0, 0.1) is 19.8 Å². The smallest absolute Gasteiger partial charge is 0.334 e. The Bertz CT molecular complexity index is 790. The molecule has 0 aliphatic carbocycles. The number of hydrogen-bond acceptors (Lipinski definition) is 3. The maximum atomic E-state index is 12.9. The molecule has 1 aliphatic rings. The van der Waals surface area contributed by atoms with Crippen LogP contribution in [0.4, 0.5) is 13.2 Å². The van der Waals surface area contributed by atoms with Crippen molar-refractivity contribution < 1.29 is 13.2 Å². The Morgan fingerprint density at radius 3 is 2.70 bits per heavy atom. The number of nitrogens with zero attached hydrogens (tertiary/aromatic N) is 5. The van der Waals surface area contributed by atoms with Gasteiger partial charge in [-0.1, -0.05) is 6.92 Å². The first kappa shape index (κ1) is 19.9. The number of aryl methyl sites for hydroxylation is 3. The van der Waals surface area contributed by atoms with Gasteiger partial charge in [0.25, 0.3) is 0 Å². The highest BCUT2D eigenvalue weighted by molar-refractivity contribution is 5.24. The Labute approximate surface area is 158 Å². The summed E-state index contributed by atoms with van der Waals surface area (Å²) in [6, 6.07) is 0. The zero-order valence-electron chi connectivity index (χ0n) is 16.5. The summed E-state index contributed by atoms with van der Waals surface area (Å²) in [7, 11) is 2.07. The van der Waals surface area contributed by atoms with Crippen molar-refractivity contribution >= 4 is 0 Å². The lowest BCUT2D eigenvalue weighted by molar-refractivity contribution is -0.141. The van der Waals surface area contributed by atoms with E-state index in [1.54, 1.807) is 4.57 Å². The van der Waals surface area contributed by atoms with Gasteiger partial charge in [0.2, 0.25) is 0 Å². The van der Waals surface area contributed by atoms with Crippen molar-refractivity contribution in [2.75, 3.05) is 13.6 Å². The SMILES string of the molecule is CCCn1nc(C)c(CN(C)CC2CCc3nc(C(F)(F)F)cn3C2)c1C. The van der Waals surface area contributed by atoms with E-state index in [0.717, 1.165) is 44.4 Å². The van der Waals surface area contributed by atoms with Gasteiger partial charge < -0.3 is 9.47 Å². The summed E-state index contributed by atoms with van der Waals surface area (Å²) < 4.78 is 42.3. The molecule has 3 rings (SSSR count). The van der Waals surface area contributed by atoms with Gasteiger partial charge in [-0.2, -0.15) is 18.3 Å². The van der Waals surface area contributed by atoms with Crippen LogP contribution >= 0.6 is 0 Å². The third-order valence-electron chi connectivity index (χ3n) is 5.35. The first-order chi connectivity index (χ1) is 12.7. The average molecular weight is 383 g/mol. The molecule has 0 amide bonds. The molecule has 0 radical (unpaired) electrons. The van der Waals surface area contributed by atoms with Gasteiger partial charge in [0.05, 0.1) is 5.69 Å². The van der Waals surface area contributed by atoms with Crippen molar-refractivity contribution in [2.24, 2.45) is 5.92 Å². The van der Waals surface area contributed by atoms with Crippen LogP contribution in [0.5, 0.6) is 0 Å². The van der Waals surface area contributed by atoms with Gasteiger partial charge in [0.15, 0.2) is 5.69 Å².